The van der Waals surface area contributed by atoms with Gasteiger partial charge in [-0.3, -0.25) is 4.79 Å². The molecule has 1 atom stereocenters. The fraction of sp³-hybridized carbons (Fsp3) is 0.588. The van der Waals surface area contributed by atoms with E-state index < -0.39 is 0 Å². The number of carbonyl (C=O) groups excluding carboxylic acids is 1. The zero-order valence-corrected chi connectivity index (χ0v) is 13.1. The number of carbonyl (C=O) groups is 1. The Morgan fingerprint density at radius 1 is 1.25 bits per heavy atom. The molecule has 0 aliphatic carbocycles. The molecule has 1 aromatic carbocycles. The maximum absolute atomic E-state index is 11.3. The molecule has 0 radical (unpaired) electrons. The molecule has 0 saturated heterocycles. The van der Waals surface area contributed by atoms with Gasteiger partial charge in [0.2, 0.25) is 0 Å². The second-order valence-corrected chi connectivity index (χ2v) is 6.18. The quantitative estimate of drug-likeness (QED) is 0.806. The average Bonchev–Trinajstić information content (AvgIpc) is 2.38. The molecule has 1 unspecified atom stereocenters. The monoisotopic (exact) mass is 277 g/mol. The number of benzene rings is 1. The number of nitrogens with two attached hydrogens (primary N) is 1. The van der Waals surface area contributed by atoms with Crippen LogP contribution in [-0.2, 0) is 14.9 Å². The number of hydrogen-bond donors (Lipinski definition) is 1. The van der Waals surface area contributed by atoms with Crippen LogP contribution in [0.2, 0.25) is 0 Å². The lowest BCUT2D eigenvalue weighted by Gasteiger charge is -2.20. The van der Waals surface area contributed by atoms with Gasteiger partial charge in [0, 0.05) is 12.5 Å². The molecule has 20 heavy (non-hydrogen) atoms. The van der Waals surface area contributed by atoms with Gasteiger partial charge in [0.1, 0.15) is 0 Å². The molecular formula is C17H27NO2. The smallest absolute Gasteiger partial charge is 0.305 e. The Bertz CT molecular complexity index is 418. The van der Waals surface area contributed by atoms with E-state index in [9.17, 15) is 4.79 Å². The fourth-order valence-electron chi connectivity index (χ4n) is 2.10. The highest BCUT2D eigenvalue weighted by Crippen LogP contribution is 2.24. The molecule has 112 valence electrons. The zero-order chi connectivity index (χ0) is 15.2. The minimum absolute atomic E-state index is 0.0153. The third-order valence-electron chi connectivity index (χ3n) is 3.41. The maximum atomic E-state index is 11.3. The van der Waals surface area contributed by atoms with Crippen molar-refractivity contribution in [1.82, 2.24) is 0 Å². The second kappa shape index (κ2) is 7.44. The van der Waals surface area contributed by atoms with Crippen molar-refractivity contribution < 1.29 is 9.53 Å². The van der Waals surface area contributed by atoms with Crippen LogP contribution >= 0.6 is 0 Å². The summed E-state index contributed by atoms with van der Waals surface area (Å²) in [5.41, 5.74) is 8.75. The molecule has 0 saturated carbocycles. The van der Waals surface area contributed by atoms with Gasteiger partial charge >= 0.3 is 5.97 Å². The van der Waals surface area contributed by atoms with Gasteiger partial charge in [-0.15, -0.1) is 0 Å². The Morgan fingerprint density at radius 2 is 1.85 bits per heavy atom. The van der Waals surface area contributed by atoms with Gasteiger partial charge in [0.15, 0.2) is 0 Å². The largest absolute Gasteiger partial charge is 0.466 e. The zero-order valence-electron chi connectivity index (χ0n) is 13.1. The Morgan fingerprint density at radius 3 is 2.35 bits per heavy atom. The Balaban J connectivity index is 2.48. The molecule has 0 aliphatic heterocycles. The predicted molar refractivity (Wildman–Crippen MR) is 82.6 cm³/mol. The molecule has 3 heteroatoms. The van der Waals surface area contributed by atoms with Crippen LogP contribution in [0.25, 0.3) is 0 Å². The van der Waals surface area contributed by atoms with E-state index >= 15 is 0 Å². The third-order valence-corrected chi connectivity index (χ3v) is 3.41. The summed E-state index contributed by atoms with van der Waals surface area (Å²) in [5.74, 6) is -0.136. The molecule has 0 spiro atoms. The minimum atomic E-state index is -0.136. The van der Waals surface area contributed by atoms with E-state index in [1.807, 2.05) is 6.92 Å². The lowest BCUT2D eigenvalue weighted by atomic mass is 9.86. The van der Waals surface area contributed by atoms with E-state index in [0.717, 1.165) is 18.4 Å². The van der Waals surface area contributed by atoms with Crippen molar-refractivity contribution in [2.75, 3.05) is 6.61 Å². The normalized spacial score (nSPS) is 13.1. The molecule has 3 nitrogen and oxygen atoms in total. The van der Waals surface area contributed by atoms with Crippen molar-refractivity contribution in [3.8, 4) is 0 Å². The first-order chi connectivity index (χ1) is 9.34. The predicted octanol–water partition coefficient (Wildman–Crippen LogP) is 3.72. The number of hydrogen-bond acceptors (Lipinski definition) is 3. The van der Waals surface area contributed by atoms with Crippen LogP contribution in [-0.4, -0.2) is 12.6 Å². The molecule has 0 aromatic heterocycles. The second-order valence-electron chi connectivity index (χ2n) is 6.18. The van der Waals surface area contributed by atoms with Crippen molar-refractivity contribution in [1.29, 1.82) is 0 Å². The SMILES string of the molecule is CCOC(=O)CCCC(N)c1ccc(C(C)(C)C)cc1. The van der Waals surface area contributed by atoms with Gasteiger partial charge in [0.05, 0.1) is 6.61 Å². The summed E-state index contributed by atoms with van der Waals surface area (Å²) in [5, 5.41) is 0. The van der Waals surface area contributed by atoms with Crippen LogP contribution in [0.5, 0.6) is 0 Å². The van der Waals surface area contributed by atoms with E-state index in [0.29, 0.717) is 13.0 Å². The molecule has 2 N–H and O–H groups in total. The van der Waals surface area contributed by atoms with E-state index in [2.05, 4.69) is 45.0 Å². The van der Waals surface area contributed by atoms with Gasteiger partial charge in [-0.25, -0.2) is 0 Å². The minimum Gasteiger partial charge on any atom is -0.466 e. The van der Waals surface area contributed by atoms with Gasteiger partial charge < -0.3 is 10.5 Å². The lowest BCUT2D eigenvalue weighted by Crippen LogP contribution is -2.14. The Labute approximate surface area is 122 Å². The Hall–Kier alpha value is -1.35. The molecule has 0 aliphatic rings. The lowest BCUT2D eigenvalue weighted by molar-refractivity contribution is -0.143. The van der Waals surface area contributed by atoms with Crippen LogP contribution in [0.3, 0.4) is 0 Å². The highest BCUT2D eigenvalue weighted by atomic mass is 16.5. The standard InChI is InChI=1S/C17H27NO2/c1-5-20-16(19)8-6-7-15(18)13-9-11-14(12-10-13)17(2,3)4/h9-12,15H,5-8,18H2,1-4H3. The van der Waals surface area contributed by atoms with Gasteiger partial charge in [-0.1, -0.05) is 45.0 Å². The maximum Gasteiger partial charge on any atom is 0.305 e. The molecule has 0 heterocycles. The first-order valence-electron chi connectivity index (χ1n) is 7.36. The van der Waals surface area contributed by atoms with Crippen LogP contribution < -0.4 is 5.73 Å². The summed E-state index contributed by atoms with van der Waals surface area (Å²) >= 11 is 0. The highest BCUT2D eigenvalue weighted by Gasteiger charge is 2.14. The molecule has 1 rings (SSSR count). The molecule has 0 amide bonds. The van der Waals surface area contributed by atoms with Crippen molar-refractivity contribution >= 4 is 5.97 Å². The van der Waals surface area contributed by atoms with E-state index in [1.54, 1.807) is 0 Å². The first kappa shape index (κ1) is 16.7. The number of esters is 1. The van der Waals surface area contributed by atoms with Crippen molar-refractivity contribution in [2.45, 2.75) is 58.4 Å². The van der Waals surface area contributed by atoms with Gasteiger partial charge in [-0.05, 0) is 36.3 Å². The summed E-state index contributed by atoms with van der Waals surface area (Å²) in [6, 6.07) is 8.45. The van der Waals surface area contributed by atoms with Crippen molar-refractivity contribution in [2.24, 2.45) is 5.73 Å². The summed E-state index contributed by atoms with van der Waals surface area (Å²) in [6.45, 7) is 8.85. The fourth-order valence-corrected chi connectivity index (χ4v) is 2.10. The molecular weight excluding hydrogens is 250 g/mol. The number of rotatable bonds is 6. The number of ether oxygens (including phenoxy) is 1. The molecule has 0 fully saturated rings. The van der Waals surface area contributed by atoms with E-state index in [-0.39, 0.29) is 17.4 Å². The van der Waals surface area contributed by atoms with E-state index in [4.69, 9.17) is 10.5 Å². The van der Waals surface area contributed by atoms with Crippen LogP contribution in [0.4, 0.5) is 0 Å². The Kier molecular flexibility index (Phi) is 6.21. The van der Waals surface area contributed by atoms with Crippen molar-refractivity contribution in [3.63, 3.8) is 0 Å². The highest BCUT2D eigenvalue weighted by molar-refractivity contribution is 5.69. The summed E-state index contributed by atoms with van der Waals surface area (Å²) in [6.07, 6.45) is 2.01. The third kappa shape index (κ3) is 5.33. The summed E-state index contributed by atoms with van der Waals surface area (Å²) in [7, 11) is 0. The van der Waals surface area contributed by atoms with Gasteiger partial charge in [-0.2, -0.15) is 0 Å². The molecule has 1 aromatic rings. The molecule has 0 bridgehead atoms. The van der Waals surface area contributed by atoms with Crippen LogP contribution in [0.1, 0.15) is 64.1 Å². The van der Waals surface area contributed by atoms with Crippen LogP contribution in [0.15, 0.2) is 24.3 Å². The average molecular weight is 277 g/mol. The summed E-state index contributed by atoms with van der Waals surface area (Å²) in [4.78, 5) is 11.3. The van der Waals surface area contributed by atoms with Crippen molar-refractivity contribution in [3.05, 3.63) is 35.4 Å². The van der Waals surface area contributed by atoms with Crippen LogP contribution in [0, 0.1) is 0 Å². The van der Waals surface area contributed by atoms with Gasteiger partial charge in [0.25, 0.3) is 0 Å². The topological polar surface area (TPSA) is 52.3 Å². The van der Waals surface area contributed by atoms with E-state index in [1.165, 1.54) is 5.56 Å². The summed E-state index contributed by atoms with van der Waals surface area (Å²) < 4.78 is 4.90. The first-order valence-corrected chi connectivity index (χ1v) is 7.36.